The highest BCUT2D eigenvalue weighted by Crippen LogP contribution is 2.15. The Morgan fingerprint density at radius 1 is 1.44 bits per heavy atom. The molecule has 1 heterocycles. The summed E-state index contributed by atoms with van der Waals surface area (Å²) in [5.74, 6) is -0.129. The molecule has 1 aromatic rings. The molecule has 0 aliphatic carbocycles. The molecule has 1 N–H and O–H groups in total. The Labute approximate surface area is 109 Å². The lowest BCUT2D eigenvalue weighted by Gasteiger charge is -2.34. The summed E-state index contributed by atoms with van der Waals surface area (Å²) in [7, 11) is 0. The van der Waals surface area contributed by atoms with Crippen molar-refractivity contribution in [1.82, 2.24) is 10.2 Å². The second-order valence-electron chi connectivity index (χ2n) is 5.25. The smallest absolute Gasteiger partial charge is 0.123 e. The van der Waals surface area contributed by atoms with Gasteiger partial charge in [-0.15, -0.1) is 0 Å². The van der Waals surface area contributed by atoms with Crippen molar-refractivity contribution in [2.24, 2.45) is 0 Å². The number of piperazine rings is 1. The van der Waals surface area contributed by atoms with Crippen LogP contribution in [0.5, 0.6) is 0 Å². The molecule has 1 unspecified atom stereocenters. The lowest BCUT2D eigenvalue weighted by molar-refractivity contribution is 0.186. The van der Waals surface area contributed by atoms with Crippen LogP contribution >= 0.6 is 0 Å². The number of halogens is 1. The van der Waals surface area contributed by atoms with Crippen molar-refractivity contribution in [2.45, 2.75) is 39.3 Å². The van der Waals surface area contributed by atoms with E-state index in [1.165, 1.54) is 24.5 Å². The van der Waals surface area contributed by atoms with Gasteiger partial charge in [-0.05, 0) is 36.6 Å². The topological polar surface area (TPSA) is 15.3 Å². The fourth-order valence-corrected chi connectivity index (χ4v) is 2.63. The number of aryl methyl sites for hydroxylation is 1. The summed E-state index contributed by atoms with van der Waals surface area (Å²) in [5, 5.41) is 3.55. The van der Waals surface area contributed by atoms with Crippen LogP contribution in [0.2, 0.25) is 0 Å². The van der Waals surface area contributed by atoms with Gasteiger partial charge in [-0.2, -0.15) is 0 Å². The van der Waals surface area contributed by atoms with Gasteiger partial charge >= 0.3 is 0 Å². The van der Waals surface area contributed by atoms with E-state index in [9.17, 15) is 4.39 Å². The fourth-order valence-electron chi connectivity index (χ4n) is 2.63. The molecule has 1 saturated heterocycles. The van der Waals surface area contributed by atoms with Crippen LogP contribution in [0.1, 0.15) is 30.9 Å². The maximum Gasteiger partial charge on any atom is 0.123 e. The van der Waals surface area contributed by atoms with Gasteiger partial charge < -0.3 is 5.32 Å². The van der Waals surface area contributed by atoms with Crippen LogP contribution in [0.15, 0.2) is 18.2 Å². The second-order valence-corrected chi connectivity index (χ2v) is 5.25. The normalized spacial score (nSPS) is 21.2. The van der Waals surface area contributed by atoms with Crippen molar-refractivity contribution < 1.29 is 4.39 Å². The molecule has 0 aromatic heterocycles. The summed E-state index contributed by atoms with van der Waals surface area (Å²) in [6.45, 7) is 8.31. The lowest BCUT2D eigenvalue weighted by Crippen LogP contribution is -2.50. The first-order chi connectivity index (χ1) is 8.69. The third-order valence-corrected chi connectivity index (χ3v) is 3.68. The molecule has 1 aromatic carbocycles. The highest BCUT2D eigenvalue weighted by atomic mass is 19.1. The molecule has 0 spiro atoms. The maximum atomic E-state index is 13.3. The Balaban J connectivity index is 1.98. The highest BCUT2D eigenvalue weighted by molar-refractivity contribution is 5.26. The number of rotatable bonds is 4. The van der Waals surface area contributed by atoms with Crippen LogP contribution in [-0.2, 0) is 6.54 Å². The van der Waals surface area contributed by atoms with E-state index in [1.807, 2.05) is 6.07 Å². The van der Waals surface area contributed by atoms with E-state index in [0.717, 1.165) is 31.7 Å². The molecule has 2 rings (SSSR count). The summed E-state index contributed by atoms with van der Waals surface area (Å²) in [4.78, 5) is 2.43. The van der Waals surface area contributed by atoms with Crippen molar-refractivity contribution >= 4 is 0 Å². The Morgan fingerprint density at radius 3 is 3.06 bits per heavy atom. The minimum atomic E-state index is -0.129. The van der Waals surface area contributed by atoms with E-state index in [-0.39, 0.29) is 5.82 Å². The van der Waals surface area contributed by atoms with Gasteiger partial charge in [-0.3, -0.25) is 4.90 Å². The molecule has 1 atom stereocenters. The van der Waals surface area contributed by atoms with Crippen LogP contribution in [0.4, 0.5) is 4.39 Å². The standard InChI is InChI=1S/C15H23FN2/c1-3-4-15-11-18(8-7-17-15)10-13-9-14(16)6-5-12(13)2/h5-6,9,15,17H,3-4,7-8,10-11H2,1-2H3. The first kappa shape index (κ1) is 13.5. The minimum absolute atomic E-state index is 0.129. The first-order valence-corrected chi connectivity index (χ1v) is 6.90. The summed E-state index contributed by atoms with van der Waals surface area (Å²) in [6, 6.07) is 5.68. The first-order valence-electron chi connectivity index (χ1n) is 6.90. The number of hydrogen-bond donors (Lipinski definition) is 1. The minimum Gasteiger partial charge on any atom is -0.311 e. The van der Waals surface area contributed by atoms with Gasteiger partial charge in [0.2, 0.25) is 0 Å². The molecule has 0 amide bonds. The summed E-state index contributed by atoms with van der Waals surface area (Å²) >= 11 is 0. The van der Waals surface area contributed by atoms with Crippen molar-refractivity contribution in [3.8, 4) is 0 Å². The van der Waals surface area contributed by atoms with Crippen molar-refractivity contribution in [3.05, 3.63) is 35.1 Å². The van der Waals surface area contributed by atoms with Crippen LogP contribution in [-0.4, -0.2) is 30.6 Å². The summed E-state index contributed by atoms with van der Waals surface area (Å²) in [6.07, 6.45) is 2.43. The van der Waals surface area contributed by atoms with Gasteiger partial charge in [-0.25, -0.2) is 4.39 Å². The summed E-state index contributed by atoms with van der Waals surface area (Å²) < 4.78 is 13.3. The molecular formula is C15H23FN2. The highest BCUT2D eigenvalue weighted by Gasteiger charge is 2.18. The molecule has 18 heavy (non-hydrogen) atoms. The molecule has 100 valence electrons. The van der Waals surface area contributed by atoms with Crippen LogP contribution in [0, 0.1) is 12.7 Å². The lowest BCUT2D eigenvalue weighted by atomic mass is 10.1. The predicted molar refractivity (Wildman–Crippen MR) is 73.1 cm³/mol. The van der Waals surface area contributed by atoms with Gasteiger partial charge in [0.1, 0.15) is 5.82 Å². The molecule has 1 aliphatic heterocycles. The number of nitrogens with zero attached hydrogens (tertiary/aromatic N) is 1. The number of nitrogens with one attached hydrogen (secondary N) is 1. The summed E-state index contributed by atoms with van der Waals surface area (Å²) in [5.41, 5.74) is 2.30. The Kier molecular flexibility index (Phi) is 4.72. The average Bonchev–Trinajstić information content (AvgIpc) is 2.35. The van der Waals surface area contributed by atoms with Gasteiger partial charge in [-0.1, -0.05) is 19.4 Å². The van der Waals surface area contributed by atoms with Crippen LogP contribution in [0.3, 0.4) is 0 Å². The molecule has 0 bridgehead atoms. The monoisotopic (exact) mass is 250 g/mol. The van der Waals surface area contributed by atoms with E-state index < -0.39 is 0 Å². The Hall–Kier alpha value is -0.930. The maximum absolute atomic E-state index is 13.3. The molecule has 1 aliphatic rings. The third-order valence-electron chi connectivity index (χ3n) is 3.68. The fraction of sp³-hybridized carbons (Fsp3) is 0.600. The third kappa shape index (κ3) is 3.53. The van der Waals surface area contributed by atoms with Gasteiger partial charge in [0.05, 0.1) is 0 Å². The zero-order valence-electron chi connectivity index (χ0n) is 11.4. The molecule has 1 fully saturated rings. The molecule has 2 nitrogen and oxygen atoms in total. The van der Waals surface area contributed by atoms with Crippen LogP contribution < -0.4 is 5.32 Å². The average molecular weight is 250 g/mol. The van der Waals surface area contributed by atoms with Gasteiger partial charge in [0.15, 0.2) is 0 Å². The molecule has 3 heteroatoms. The van der Waals surface area contributed by atoms with Crippen molar-refractivity contribution in [1.29, 1.82) is 0 Å². The Bertz CT molecular complexity index is 390. The number of hydrogen-bond acceptors (Lipinski definition) is 2. The second kappa shape index (κ2) is 6.30. The largest absolute Gasteiger partial charge is 0.311 e. The van der Waals surface area contributed by atoms with E-state index in [4.69, 9.17) is 0 Å². The van der Waals surface area contributed by atoms with E-state index >= 15 is 0 Å². The van der Waals surface area contributed by atoms with E-state index in [2.05, 4.69) is 24.1 Å². The zero-order chi connectivity index (χ0) is 13.0. The van der Waals surface area contributed by atoms with Gasteiger partial charge in [0.25, 0.3) is 0 Å². The quantitative estimate of drug-likeness (QED) is 0.884. The molecule has 0 saturated carbocycles. The van der Waals surface area contributed by atoms with Crippen molar-refractivity contribution in [2.75, 3.05) is 19.6 Å². The predicted octanol–water partition coefficient (Wildman–Crippen LogP) is 2.71. The van der Waals surface area contributed by atoms with Gasteiger partial charge in [0, 0.05) is 32.2 Å². The SMILES string of the molecule is CCCC1CN(Cc2cc(F)ccc2C)CCN1. The number of benzene rings is 1. The zero-order valence-corrected chi connectivity index (χ0v) is 11.4. The van der Waals surface area contributed by atoms with E-state index in [0.29, 0.717) is 6.04 Å². The van der Waals surface area contributed by atoms with Crippen molar-refractivity contribution in [3.63, 3.8) is 0 Å². The van der Waals surface area contributed by atoms with Crippen LogP contribution in [0.25, 0.3) is 0 Å². The molecular weight excluding hydrogens is 227 g/mol. The molecule has 0 radical (unpaired) electrons. The van der Waals surface area contributed by atoms with E-state index in [1.54, 1.807) is 6.07 Å². The Morgan fingerprint density at radius 2 is 2.28 bits per heavy atom.